The Labute approximate surface area is 190 Å². The van der Waals surface area contributed by atoms with Gasteiger partial charge in [-0.1, -0.05) is 20.8 Å². The lowest BCUT2D eigenvalue weighted by Gasteiger charge is -2.41. The third-order valence-electron chi connectivity index (χ3n) is 6.48. The van der Waals surface area contributed by atoms with Gasteiger partial charge < -0.3 is 23.4 Å². The van der Waals surface area contributed by atoms with E-state index in [2.05, 4.69) is 38.8 Å². The first-order valence-corrected chi connectivity index (χ1v) is 14.0. The molecule has 9 nitrogen and oxygen atoms in total. The molecular weight excluding hydrogens is 432 g/mol. The van der Waals surface area contributed by atoms with E-state index in [1.165, 1.54) is 10.8 Å². The summed E-state index contributed by atoms with van der Waals surface area (Å²) in [5, 5.41) is -0.120. The summed E-state index contributed by atoms with van der Waals surface area (Å²) in [6.07, 6.45) is -0.897. The summed E-state index contributed by atoms with van der Waals surface area (Å²) < 4.78 is 32.6. The van der Waals surface area contributed by atoms with Crippen LogP contribution in [0, 0.1) is 6.92 Å². The van der Waals surface area contributed by atoms with E-state index in [4.69, 9.17) is 23.4 Å². The van der Waals surface area contributed by atoms with Gasteiger partial charge in [-0.2, -0.15) is 0 Å². The van der Waals surface area contributed by atoms with Crippen molar-refractivity contribution in [3.05, 3.63) is 32.6 Å². The molecule has 3 heterocycles. The first-order valence-electron chi connectivity index (χ1n) is 11.1. The smallest absolute Gasteiger partial charge is 0.330 e. The molecule has 0 saturated carbocycles. The summed E-state index contributed by atoms with van der Waals surface area (Å²) >= 11 is 0. The van der Waals surface area contributed by atoms with Gasteiger partial charge in [-0.25, -0.2) is 4.79 Å². The average molecular weight is 471 g/mol. The van der Waals surface area contributed by atoms with Gasteiger partial charge in [-0.15, -0.1) is 0 Å². The molecule has 4 atom stereocenters. The first-order chi connectivity index (χ1) is 14.4. The van der Waals surface area contributed by atoms with E-state index in [0.29, 0.717) is 12.2 Å². The van der Waals surface area contributed by atoms with Crippen molar-refractivity contribution in [1.29, 1.82) is 0 Å². The maximum absolute atomic E-state index is 12.9. The van der Waals surface area contributed by atoms with Gasteiger partial charge in [0.1, 0.15) is 18.3 Å². The number of aromatic nitrogens is 2. The van der Waals surface area contributed by atoms with E-state index < -0.39 is 55.7 Å². The molecule has 2 aliphatic heterocycles. The number of nitrogens with one attached hydrogen (secondary N) is 1. The standard InChI is InChI=1S/C22H38N2O7Si/c1-13-11-24(19(26)23-17(13)25)18(31-32(9,10)20(2,3)4)16-15(29-22(7,8)30-16)14-12-27-21(5,6)28-14/h11,14-16,18H,12H2,1-10H3,(H,23,25,26)/t14-,15-,16+,18+/m1/s1. The molecule has 32 heavy (non-hydrogen) atoms. The lowest BCUT2D eigenvalue weighted by molar-refractivity contribution is -0.175. The Morgan fingerprint density at radius 1 is 1.12 bits per heavy atom. The first kappa shape index (κ1) is 25.3. The van der Waals surface area contributed by atoms with Crippen molar-refractivity contribution >= 4 is 8.32 Å². The highest BCUT2D eigenvalue weighted by atomic mass is 28.4. The maximum atomic E-state index is 12.9. The van der Waals surface area contributed by atoms with Crippen LogP contribution in [0.5, 0.6) is 0 Å². The average Bonchev–Trinajstić information content (AvgIpc) is 3.13. The molecule has 2 aliphatic rings. The van der Waals surface area contributed by atoms with Crippen molar-refractivity contribution in [3.63, 3.8) is 0 Å². The zero-order valence-electron chi connectivity index (χ0n) is 20.9. The van der Waals surface area contributed by atoms with Gasteiger partial charge in [0, 0.05) is 11.8 Å². The van der Waals surface area contributed by atoms with Crippen LogP contribution in [-0.4, -0.2) is 54.4 Å². The van der Waals surface area contributed by atoms with Crippen molar-refractivity contribution in [1.82, 2.24) is 9.55 Å². The predicted molar refractivity (Wildman–Crippen MR) is 122 cm³/mol. The maximum Gasteiger partial charge on any atom is 0.330 e. The fourth-order valence-corrected chi connectivity index (χ4v) is 4.94. The van der Waals surface area contributed by atoms with E-state index in [0.717, 1.165) is 0 Å². The minimum atomic E-state index is -2.38. The Kier molecular flexibility index (Phi) is 6.47. The van der Waals surface area contributed by atoms with Crippen LogP contribution in [0.2, 0.25) is 18.1 Å². The Balaban J connectivity index is 2.10. The number of rotatable bonds is 5. The number of nitrogens with zero attached hydrogens (tertiary/aromatic N) is 1. The second kappa shape index (κ2) is 8.17. The van der Waals surface area contributed by atoms with Crippen LogP contribution in [-0.2, 0) is 23.4 Å². The van der Waals surface area contributed by atoms with E-state index >= 15 is 0 Å². The molecule has 2 saturated heterocycles. The Bertz CT molecular complexity index is 960. The minimum absolute atomic E-state index is 0.120. The van der Waals surface area contributed by atoms with Crippen molar-refractivity contribution in [2.75, 3.05) is 6.61 Å². The van der Waals surface area contributed by atoms with Crippen LogP contribution < -0.4 is 11.2 Å². The summed E-state index contributed by atoms with van der Waals surface area (Å²) in [5.74, 6) is -1.66. The molecule has 182 valence electrons. The Morgan fingerprint density at radius 3 is 2.28 bits per heavy atom. The summed E-state index contributed by atoms with van der Waals surface area (Å²) in [6.45, 7) is 19.9. The third kappa shape index (κ3) is 5.10. The number of aryl methyl sites for hydroxylation is 1. The lowest BCUT2D eigenvalue weighted by atomic mass is 10.1. The predicted octanol–water partition coefficient (Wildman–Crippen LogP) is 3.04. The van der Waals surface area contributed by atoms with Gasteiger partial charge in [0.05, 0.1) is 6.61 Å². The zero-order valence-corrected chi connectivity index (χ0v) is 21.9. The fraction of sp³-hybridized carbons (Fsp3) is 0.818. The van der Waals surface area contributed by atoms with Crippen LogP contribution in [0.3, 0.4) is 0 Å². The van der Waals surface area contributed by atoms with Gasteiger partial charge in [0.2, 0.25) is 0 Å². The van der Waals surface area contributed by atoms with Gasteiger partial charge in [-0.05, 0) is 52.8 Å². The Hall–Kier alpha value is -1.30. The van der Waals surface area contributed by atoms with Gasteiger partial charge in [0.15, 0.2) is 26.1 Å². The molecular formula is C22H38N2O7Si. The van der Waals surface area contributed by atoms with Gasteiger partial charge >= 0.3 is 5.69 Å². The summed E-state index contributed by atoms with van der Waals surface area (Å²) in [6, 6.07) is 0. The van der Waals surface area contributed by atoms with Gasteiger partial charge in [-0.3, -0.25) is 14.3 Å². The topological polar surface area (TPSA) is 101 Å². The number of H-pyrrole nitrogens is 1. The fourth-order valence-electron chi connectivity index (χ4n) is 3.74. The van der Waals surface area contributed by atoms with Crippen LogP contribution in [0.15, 0.2) is 15.8 Å². The normalized spacial score (nSPS) is 28.8. The van der Waals surface area contributed by atoms with Crippen molar-refractivity contribution in [2.45, 2.75) is 110 Å². The molecule has 0 aromatic carbocycles. The molecule has 0 radical (unpaired) electrons. The number of hydrogen-bond donors (Lipinski definition) is 1. The summed E-state index contributed by atoms with van der Waals surface area (Å²) in [5.41, 5.74) is -0.572. The minimum Gasteiger partial charge on any atom is -0.395 e. The molecule has 10 heteroatoms. The highest BCUT2D eigenvalue weighted by Crippen LogP contribution is 2.44. The number of aromatic amines is 1. The van der Waals surface area contributed by atoms with Crippen molar-refractivity contribution < 1.29 is 23.4 Å². The second-order valence-corrected chi connectivity index (χ2v) is 15.9. The van der Waals surface area contributed by atoms with Crippen molar-refractivity contribution in [2.24, 2.45) is 0 Å². The molecule has 0 aliphatic carbocycles. The number of ether oxygens (including phenoxy) is 4. The van der Waals surface area contributed by atoms with Crippen molar-refractivity contribution in [3.8, 4) is 0 Å². The second-order valence-electron chi connectivity index (χ2n) is 11.2. The molecule has 1 N–H and O–H groups in total. The van der Waals surface area contributed by atoms with Crippen LogP contribution in [0.4, 0.5) is 0 Å². The van der Waals surface area contributed by atoms with E-state index in [1.807, 2.05) is 27.7 Å². The largest absolute Gasteiger partial charge is 0.395 e. The molecule has 0 unspecified atom stereocenters. The monoisotopic (exact) mass is 470 g/mol. The van der Waals surface area contributed by atoms with Crippen LogP contribution in [0.25, 0.3) is 0 Å². The SMILES string of the molecule is Cc1cn([C@@H](O[Si](C)(C)C(C)(C)C)[C@H]2OC(C)(C)O[C@@H]2[C@H]2COC(C)(C)O2)c(=O)[nH]c1=O. The van der Waals surface area contributed by atoms with E-state index in [9.17, 15) is 9.59 Å². The highest BCUT2D eigenvalue weighted by molar-refractivity contribution is 6.74. The Morgan fingerprint density at radius 2 is 1.75 bits per heavy atom. The molecule has 2 fully saturated rings. The van der Waals surface area contributed by atoms with Gasteiger partial charge in [0.25, 0.3) is 5.56 Å². The summed E-state index contributed by atoms with van der Waals surface area (Å²) in [7, 11) is -2.38. The molecule has 0 amide bonds. The van der Waals surface area contributed by atoms with E-state index in [1.54, 1.807) is 6.92 Å². The number of hydrogen-bond acceptors (Lipinski definition) is 7. The molecule has 1 aromatic heterocycles. The third-order valence-corrected chi connectivity index (χ3v) is 10.9. The molecule has 1 aromatic rings. The quantitative estimate of drug-likeness (QED) is 0.660. The van der Waals surface area contributed by atoms with Crippen LogP contribution in [0.1, 0.15) is 60.3 Å². The lowest BCUT2D eigenvalue weighted by Crippen LogP contribution is -2.52. The zero-order chi connectivity index (χ0) is 24.3. The molecule has 0 bridgehead atoms. The molecule has 0 spiro atoms. The molecule has 3 rings (SSSR count). The van der Waals surface area contributed by atoms with E-state index in [-0.39, 0.29) is 5.04 Å². The highest BCUT2D eigenvalue weighted by Gasteiger charge is 2.54. The van der Waals surface area contributed by atoms with Crippen LogP contribution >= 0.6 is 0 Å². The summed E-state index contributed by atoms with van der Waals surface area (Å²) in [4.78, 5) is 27.3.